The van der Waals surface area contributed by atoms with Gasteiger partial charge in [0.1, 0.15) is 0 Å². The van der Waals surface area contributed by atoms with Crippen molar-refractivity contribution in [2.75, 3.05) is 6.54 Å². The number of carboxylic acid groups (broad SMARTS) is 1. The number of carbonyl (C=O) groups is 2. The number of nitrogens with two attached hydrogens (primary N) is 1. The average Bonchev–Trinajstić information content (AvgIpc) is 2.51. The lowest BCUT2D eigenvalue weighted by atomic mass is 9.93. The molecule has 1 aromatic carbocycles. The van der Waals surface area contributed by atoms with Gasteiger partial charge in [-0.15, -0.1) is 0 Å². The van der Waals surface area contributed by atoms with Crippen molar-refractivity contribution in [2.45, 2.75) is 39.3 Å². The highest BCUT2D eigenvalue weighted by molar-refractivity contribution is 5.90. The smallest absolute Gasteiger partial charge is 0.335 e. The Kier molecular flexibility index (Phi) is 4.63. The second kappa shape index (κ2) is 6.26. The van der Waals surface area contributed by atoms with Crippen molar-refractivity contribution in [1.82, 2.24) is 4.90 Å². The van der Waals surface area contributed by atoms with Gasteiger partial charge in [-0.25, -0.2) is 4.79 Å². The number of fused-ring (bicyclic) bond motifs is 1. The van der Waals surface area contributed by atoms with Gasteiger partial charge >= 0.3 is 5.97 Å². The van der Waals surface area contributed by atoms with Crippen LogP contribution < -0.4 is 5.73 Å². The zero-order valence-electron chi connectivity index (χ0n) is 12.5. The second-order valence-corrected chi connectivity index (χ2v) is 5.67. The van der Waals surface area contributed by atoms with E-state index in [0.29, 0.717) is 25.1 Å². The summed E-state index contributed by atoms with van der Waals surface area (Å²) in [5, 5.41) is 9.21. The topological polar surface area (TPSA) is 83.6 Å². The third-order valence-corrected chi connectivity index (χ3v) is 4.35. The molecule has 1 aliphatic heterocycles. The summed E-state index contributed by atoms with van der Waals surface area (Å²) < 4.78 is 0. The maximum absolute atomic E-state index is 12.4. The maximum Gasteiger partial charge on any atom is 0.335 e. The highest BCUT2D eigenvalue weighted by Gasteiger charge is 2.29. The zero-order chi connectivity index (χ0) is 15.6. The monoisotopic (exact) mass is 290 g/mol. The second-order valence-electron chi connectivity index (χ2n) is 5.67. The molecule has 5 heteroatoms. The maximum atomic E-state index is 12.4. The summed E-state index contributed by atoms with van der Waals surface area (Å²) in [5.74, 6) is -0.817. The first kappa shape index (κ1) is 15.5. The highest BCUT2D eigenvalue weighted by atomic mass is 16.4. The molecule has 3 N–H and O–H groups in total. The van der Waals surface area contributed by atoms with Gasteiger partial charge in [0.15, 0.2) is 0 Å². The van der Waals surface area contributed by atoms with Crippen LogP contribution in [0.2, 0.25) is 0 Å². The summed E-state index contributed by atoms with van der Waals surface area (Å²) in [7, 11) is 0. The Labute approximate surface area is 124 Å². The quantitative estimate of drug-likeness (QED) is 0.883. The molecule has 0 spiro atoms. The summed E-state index contributed by atoms with van der Waals surface area (Å²) in [4.78, 5) is 25.4. The summed E-state index contributed by atoms with van der Waals surface area (Å²) >= 11 is 0. The van der Waals surface area contributed by atoms with E-state index in [-0.39, 0.29) is 11.8 Å². The Balaban J connectivity index is 2.18. The fourth-order valence-electron chi connectivity index (χ4n) is 2.71. The van der Waals surface area contributed by atoms with Crippen molar-refractivity contribution in [3.05, 3.63) is 34.9 Å². The van der Waals surface area contributed by atoms with Crippen molar-refractivity contribution in [3.63, 3.8) is 0 Å². The van der Waals surface area contributed by atoms with Gasteiger partial charge in [0.25, 0.3) is 0 Å². The third-order valence-electron chi connectivity index (χ3n) is 4.35. The first-order chi connectivity index (χ1) is 9.95. The fourth-order valence-corrected chi connectivity index (χ4v) is 2.71. The van der Waals surface area contributed by atoms with E-state index >= 15 is 0 Å². The minimum atomic E-state index is -0.914. The number of aromatic carboxylic acids is 1. The molecule has 2 atom stereocenters. The predicted octanol–water partition coefficient (Wildman–Crippen LogP) is 1.64. The van der Waals surface area contributed by atoms with E-state index < -0.39 is 12.0 Å². The summed E-state index contributed by atoms with van der Waals surface area (Å²) in [6, 6.07) is 4.74. The number of nitrogens with zero attached hydrogens (tertiary/aromatic N) is 1. The molecule has 1 aliphatic rings. The number of carbonyl (C=O) groups excluding carboxylic acids is 1. The van der Waals surface area contributed by atoms with Crippen LogP contribution in [0.1, 0.15) is 41.8 Å². The molecule has 0 saturated heterocycles. The van der Waals surface area contributed by atoms with Gasteiger partial charge in [-0.3, -0.25) is 4.79 Å². The van der Waals surface area contributed by atoms with Crippen molar-refractivity contribution in [3.8, 4) is 0 Å². The van der Waals surface area contributed by atoms with Crippen LogP contribution in [0.4, 0.5) is 0 Å². The molecule has 0 aliphatic carbocycles. The van der Waals surface area contributed by atoms with E-state index in [0.717, 1.165) is 17.5 Å². The van der Waals surface area contributed by atoms with E-state index in [9.17, 15) is 14.7 Å². The SMILES string of the molecule is CCC(C)C(N)C(=O)N1CCc2c(cccc2C(=O)O)C1. The Hall–Kier alpha value is -1.88. The van der Waals surface area contributed by atoms with E-state index in [1.807, 2.05) is 19.9 Å². The first-order valence-electron chi connectivity index (χ1n) is 7.34. The Morgan fingerprint density at radius 2 is 2.14 bits per heavy atom. The van der Waals surface area contributed by atoms with Crippen molar-refractivity contribution in [2.24, 2.45) is 11.7 Å². The normalized spacial score (nSPS) is 17.0. The lowest BCUT2D eigenvalue weighted by Crippen LogP contribution is -2.48. The molecule has 2 unspecified atom stereocenters. The van der Waals surface area contributed by atoms with Gasteiger partial charge in [0.2, 0.25) is 5.91 Å². The van der Waals surface area contributed by atoms with E-state index in [1.54, 1.807) is 17.0 Å². The molecule has 0 bridgehead atoms. The summed E-state index contributed by atoms with van der Waals surface area (Å²) in [5.41, 5.74) is 8.10. The van der Waals surface area contributed by atoms with E-state index in [1.165, 1.54) is 0 Å². The van der Waals surface area contributed by atoms with Gasteiger partial charge < -0.3 is 15.7 Å². The molecule has 2 rings (SSSR count). The predicted molar refractivity (Wildman–Crippen MR) is 80.0 cm³/mol. The van der Waals surface area contributed by atoms with Gasteiger partial charge in [0, 0.05) is 13.1 Å². The minimum Gasteiger partial charge on any atom is -0.478 e. The number of amides is 1. The molecule has 0 saturated carbocycles. The van der Waals surface area contributed by atoms with E-state index in [2.05, 4.69) is 0 Å². The fraction of sp³-hybridized carbons (Fsp3) is 0.500. The molecule has 1 heterocycles. The van der Waals surface area contributed by atoms with E-state index in [4.69, 9.17) is 5.73 Å². The van der Waals surface area contributed by atoms with Gasteiger partial charge in [-0.05, 0) is 29.5 Å². The number of hydrogen-bond acceptors (Lipinski definition) is 3. The number of hydrogen-bond donors (Lipinski definition) is 2. The Bertz CT molecular complexity index is 556. The van der Waals surface area contributed by atoms with Crippen LogP contribution in [0.25, 0.3) is 0 Å². The van der Waals surface area contributed by atoms with Gasteiger partial charge in [0.05, 0.1) is 11.6 Å². The Morgan fingerprint density at radius 3 is 2.76 bits per heavy atom. The van der Waals surface area contributed by atoms with Crippen LogP contribution in [-0.2, 0) is 17.8 Å². The molecule has 21 heavy (non-hydrogen) atoms. The van der Waals surface area contributed by atoms with Crippen molar-refractivity contribution in [1.29, 1.82) is 0 Å². The standard InChI is InChI=1S/C16H22N2O3/c1-3-10(2)14(17)15(19)18-8-7-12-11(9-18)5-4-6-13(12)16(20)21/h4-6,10,14H,3,7-9,17H2,1-2H3,(H,20,21). The number of rotatable bonds is 4. The zero-order valence-corrected chi connectivity index (χ0v) is 12.5. The molecule has 1 amide bonds. The lowest BCUT2D eigenvalue weighted by Gasteiger charge is -2.32. The minimum absolute atomic E-state index is 0.0456. The Morgan fingerprint density at radius 1 is 1.43 bits per heavy atom. The van der Waals surface area contributed by atoms with Gasteiger partial charge in [-0.1, -0.05) is 32.4 Å². The molecule has 5 nitrogen and oxygen atoms in total. The van der Waals surface area contributed by atoms with Crippen LogP contribution in [-0.4, -0.2) is 34.5 Å². The summed E-state index contributed by atoms with van der Waals surface area (Å²) in [6.07, 6.45) is 1.43. The molecule has 0 fully saturated rings. The van der Waals surface area contributed by atoms with Gasteiger partial charge in [-0.2, -0.15) is 0 Å². The van der Waals surface area contributed by atoms with Crippen LogP contribution in [0.15, 0.2) is 18.2 Å². The third kappa shape index (κ3) is 3.08. The number of carboxylic acids is 1. The van der Waals surface area contributed by atoms with Crippen LogP contribution in [0.5, 0.6) is 0 Å². The molecule has 114 valence electrons. The lowest BCUT2D eigenvalue weighted by molar-refractivity contribution is -0.134. The molecule has 0 radical (unpaired) electrons. The number of benzene rings is 1. The summed E-state index contributed by atoms with van der Waals surface area (Å²) in [6.45, 7) is 4.96. The van der Waals surface area contributed by atoms with Crippen molar-refractivity contribution >= 4 is 11.9 Å². The molecular weight excluding hydrogens is 268 g/mol. The largest absolute Gasteiger partial charge is 0.478 e. The molecule has 0 aromatic heterocycles. The average molecular weight is 290 g/mol. The molecule has 1 aromatic rings. The first-order valence-corrected chi connectivity index (χ1v) is 7.34. The van der Waals surface area contributed by atoms with Crippen LogP contribution in [0, 0.1) is 5.92 Å². The highest BCUT2D eigenvalue weighted by Crippen LogP contribution is 2.23. The van der Waals surface area contributed by atoms with Crippen LogP contribution >= 0.6 is 0 Å². The van der Waals surface area contributed by atoms with Crippen LogP contribution in [0.3, 0.4) is 0 Å². The van der Waals surface area contributed by atoms with Crippen molar-refractivity contribution < 1.29 is 14.7 Å². The molecular formula is C16H22N2O3.